The number of ether oxygens (including phenoxy) is 5. The molecule has 2 aliphatic heterocycles. The second-order valence-corrected chi connectivity index (χ2v) is 9.44. The molecule has 0 aromatic heterocycles. The molecule has 0 aliphatic carbocycles. The molecule has 2 aliphatic rings. The van der Waals surface area contributed by atoms with E-state index in [-0.39, 0.29) is 46.1 Å². The monoisotopic (exact) mass is 526 g/mol. The van der Waals surface area contributed by atoms with Gasteiger partial charge in [-0.15, -0.1) is 0 Å². The van der Waals surface area contributed by atoms with Crippen molar-refractivity contribution < 1.29 is 43.2 Å². The van der Waals surface area contributed by atoms with E-state index >= 15 is 0 Å². The zero-order valence-corrected chi connectivity index (χ0v) is 22.0. The summed E-state index contributed by atoms with van der Waals surface area (Å²) in [7, 11) is 2.90. The lowest BCUT2D eigenvalue weighted by Crippen LogP contribution is -2.27. The molecule has 0 fully saturated rings. The Balaban J connectivity index is 1.64. The number of aromatic carboxylic acids is 1. The molecule has 204 valence electrons. The quantitative estimate of drug-likeness (QED) is 0.159. The number of hydrogen-bond acceptors (Lipinski definition) is 8. The second kappa shape index (κ2) is 12.4. The van der Waals surface area contributed by atoms with E-state index in [4.69, 9.17) is 23.7 Å². The molecule has 4 rings (SSSR count). The number of methoxy groups -OCH3 is 2. The summed E-state index contributed by atoms with van der Waals surface area (Å²) < 4.78 is 27.8. The highest BCUT2D eigenvalue weighted by Gasteiger charge is 2.41. The van der Waals surface area contributed by atoms with E-state index in [0.29, 0.717) is 17.4 Å². The van der Waals surface area contributed by atoms with E-state index < -0.39 is 24.3 Å². The number of carbonyl (C=O) groups excluding carboxylic acids is 2. The van der Waals surface area contributed by atoms with Crippen LogP contribution in [0, 0.1) is 0 Å². The summed E-state index contributed by atoms with van der Waals surface area (Å²) in [6, 6.07) is 4.50. The maximum atomic E-state index is 14.0. The van der Waals surface area contributed by atoms with E-state index in [0.717, 1.165) is 25.7 Å². The van der Waals surface area contributed by atoms with Gasteiger partial charge in [0.05, 0.1) is 34.4 Å². The number of ketones is 1. The maximum absolute atomic E-state index is 14.0. The van der Waals surface area contributed by atoms with Crippen LogP contribution in [0.1, 0.15) is 119 Å². The van der Waals surface area contributed by atoms with Gasteiger partial charge in [0.25, 0.3) is 0 Å². The molecule has 2 atom stereocenters. The highest BCUT2D eigenvalue weighted by atomic mass is 16.7. The standard InChI is InChI=1S/C29H34O9/c1-4-5-6-7-8-9-10-11-14-36-26-22(19(27(32)33)15-20-25(26)38-29(20)35-3)23(31)21-17(16-30)12-13-18-24(21)37-28(18)34-2/h12-13,15-16,28-29H,4-11,14H2,1-3H3,(H,32,33). The van der Waals surface area contributed by atoms with Gasteiger partial charge in [-0.2, -0.15) is 0 Å². The second-order valence-electron chi connectivity index (χ2n) is 9.44. The first-order valence-corrected chi connectivity index (χ1v) is 13.1. The highest BCUT2D eigenvalue weighted by Crippen LogP contribution is 2.51. The third-order valence-electron chi connectivity index (χ3n) is 6.93. The number of carbonyl (C=O) groups is 3. The summed E-state index contributed by atoms with van der Waals surface area (Å²) in [5, 5.41) is 10.0. The first-order chi connectivity index (χ1) is 18.5. The largest absolute Gasteiger partial charge is 0.489 e. The molecule has 0 amide bonds. The van der Waals surface area contributed by atoms with Crippen LogP contribution in [0.3, 0.4) is 0 Å². The van der Waals surface area contributed by atoms with Crippen molar-refractivity contribution >= 4 is 18.0 Å². The lowest BCUT2D eigenvalue weighted by Gasteiger charge is -2.34. The Morgan fingerprint density at radius 1 is 0.895 bits per heavy atom. The Morgan fingerprint density at radius 3 is 2.16 bits per heavy atom. The lowest BCUT2D eigenvalue weighted by molar-refractivity contribution is -0.0929. The summed E-state index contributed by atoms with van der Waals surface area (Å²) >= 11 is 0. The normalized spacial score (nSPS) is 16.7. The minimum Gasteiger partial charge on any atom is -0.489 e. The Labute approximate surface area is 222 Å². The Kier molecular flexibility index (Phi) is 9.01. The van der Waals surface area contributed by atoms with Crippen LogP contribution in [0.5, 0.6) is 17.2 Å². The Hall–Kier alpha value is -3.43. The number of unbranched alkanes of at least 4 members (excludes halogenated alkanes) is 7. The van der Waals surface area contributed by atoms with Gasteiger partial charge >= 0.3 is 5.97 Å². The summed E-state index contributed by atoms with van der Waals surface area (Å²) in [6.45, 7) is 2.47. The van der Waals surface area contributed by atoms with Crippen LogP contribution in [0.15, 0.2) is 18.2 Å². The van der Waals surface area contributed by atoms with Crippen molar-refractivity contribution in [1.29, 1.82) is 0 Å². The van der Waals surface area contributed by atoms with Gasteiger partial charge in [0.15, 0.2) is 17.8 Å². The fourth-order valence-electron chi connectivity index (χ4n) is 4.86. The van der Waals surface area contributed by atoms with Crippen LogP contribution in [0.25, 0.3) is 0 Å². The number of carboxylic acids is 1. The van der Waals surface area contributed by atoms with Gasteiger partial charge in [-0.3, -0.25) is 9.59 Å². The summed E-state index contributed by atoms with van der Waals surface area (Å²) in [5.41, 5.74) is 0.673. The third-order valence-corrected chi connectivity index (χ3v) is 6.93. The van der Waals surface area contributed by atoms with Crippen molar-refractivity contribution in [2.24, 2.45) is 0 Å². The zero-order chi connectivity index (χ0) is 27.2. The molecule has 1 N–H and O–H groups in total. The van der Waals surface area contributed by atoms with Gasteiger partial charge in [-0.05, 0) is 18.6 Å². The van der Waals surface area contributed by atoms with Gasteiger partial charge in [0.1, 0.15) is 5.75 Å². The number of aldehydes is 1. The minimum atomic E-state index is -1.31. The number of fused-ring (bicyclic) bond motifs is 2. The molecule has 2 heterocycles. The molecule has 2 aromatic carbocycles. The molecule has 9 heteroatoms. The fourth-order valence-corrected chi connectivity index (χ4v) is 4.86. The van der Waals surface area contributed by atoms with Crippen molar-refractivity contribution in [1.82, 2.24) is 0 Å². The van der Waals surface area contributed by atoms with Gasteiger partial charge in [-0.1, -0.05) is 57.9 Å². The van der Waals surface area contributed by atoms with E-state index in [1.165, 1.54) is 52.0 Å². The third kappa shape index (κ3) is 5.26. The summed E-state index contributed by atoms with van der Waals surface area (Å²) in [4.78, 5) is 38.1. The number of carboxylic acid groups (broad SMARTS) is 1. The predicted molar refractivity (Wildman–Crippen MR) is 138 cm³/mol. The van der Waals surface area contributed by atoms with Gasteiger partial charge in [0.2, 0.25) is 18.4 Å². The van der Waals surface area contributed by atoms with E-state index in [1.807, 2.05) is 0 Å². The van der Waals surface area contributed by atoms with Crippen LogP contribution in [-0.2, 0) is 9.47 Å². The average Bonchev–Trinajstić information content (AvgIpc) is 2.88. The molecule has 0 spiro atoms. The van der Waals surface area contributed by atoms with Gasteiger partial charge < -0.3 is 28.8 Å². The highest BCUT2D eigenvalue weighted by molar-refractivity contribution is 6.20. The topological polar surface area (TPSA) is 118 Å². The molecule has 9 nitrogen and oxygen atoms in total. The Bertz CT molecular complexity index is 1200. The SMILES string of the molecule is CCCCCCCCCCOc1c2c(cc(C(=O)O)c1C(=O)c1c(C=O)ccc3c1OC3OC)C(OC)O2. The van der Waals surface area contributed by atoms with Crippen molar-refractivity contribution in [3.63, 3.8) is 0 Å². The first kappa shape index (κ1) is 27.6. The van der Waals surface area contributed by atoms with Gasteiger partial charge in [0, 0.05) is 19.8 Å². The van der Waals surface area contributed by atoms with Crippen molar-refractivity contribution in [3.8, 4) is 17.2 Å². The van der Waals surface area contributed by atoms with E-state index in [9.17, 15) is 19.5 Å². The summed E-state index contributed by atoms with van der Waals surface area (Å²) in [6.07, 6.45) is 7.94. The first-order valence-electron chi connectivity index (χ1n) is 13.1. The number of hydrogen-bond donors (Lipinski definition) is 1. The fraction of sp³-hybridized carbons (Fsp3) is 0.483. The number of rotatable bonds is 16. The predicted octanol–water partition coefficient (Wildman–Crippen LogP) is 6.02. The molecule has 38 heavy (non-hydrogen) atoms. The van der Waals surface area contributed by atoms with Crippen LogP contribution < -0.4 is 14.2 Å². The van der Waals surface area contributed by atoms with E-state index in [1.54, 1.807) is 6.07 Å². The molecule has 2 aromatic rings. The molecule has 2 unspecified atom stereocenters. The van der Waals surface area contributed by atoms with Crippen molar-refractivity contribution in [2.75, 3.05) is 20.8 Å². The van der Waals surface area contributed by atoms with Crippen LogP contribution in [-0.4, -0.2) is 44.0 Å². The van der Waals surface area contributed by atoms with Crippen LogP contribution in [0.2, 0.25) is 0 Å². The zero-order valence-electron chi connectivity index (χ0n) is 22.0. The Morgan fingerprint density at radius 2 is 1.53 bits per heavy atom. The van der Waals surface area contributed by atoms with E-state index in [2.05, 4.69) is 6.92 Å². The smallest absolute Gasteiger partial charge is 0.336 e. The minimum absolute atomic E-state index is 0.0344. The number of benzene rings is 2. The molecule has 0 bridgehead atoms. The van der Waals surface area contributed by atoms with Crippen LogP contribution >= 0.6 is 0 Å². The maximum Gasteiger partial charge on any atom is 0.336 e. The van der Waals surface area contributed by atoms with Crippen molar-refractivity contribution in [3.05, 3.63) is 51.6 Å². The average molecular weight is 527 g/mol. The van der Waals surface area contributed by atoms with Gasteiger partial charge in [-0.25, -0.2) is 4.79 Å². The molecule has 0 saturated heterocycles. The molecular formula is C29H34O9. The van der Waals surface area contributed by atoms with Crippen LogP contribution in [0.4, 0.5) is 0 Å². The summed E-state index contributed by atoms with van der Waals surface area (Å²) in [5.74, 6) is -1.52. The van der Waals surface area contributed by atoms with Crippen molar-refractivity contribution in [2.45, 2.75) is 70.9 Å². The molecule has 0 saturated carbocycles. The lowest BCUT2D eigenvalue weighted by atomic mass is 9.88. The molecular weight excluding hydrogens is 492 g/mol. The molecule has 0 radical (unpaired) electrons.